The lowest BCUT2D eigenvalue weighted by Gasteiger charge is -2.29. The van der Waals surface area contributed by atoms with Gasteiger partial charge in [-0.2, -0.15) is 0 Å². The van der Waals surface area contributed by atoms with Gasteiger partial charge in [0.1, 0.15) is 13.2 Å². The van der Waals surface area contributed by atoms with Crippen LogP contribution in [0.3, 0.4) is 0 Å². The molecule has 0 bridgehead atoms. The number of amides is 1. The first-order valence-electron chi connectivity index (χ1n) is 31.4. The zero-order valence-electron chi connectivity index (χ0n) is 50.4. The minimum Gasteiger partial charge on any atom is -0.756 e. The van der Waals surface area contributed by atoms with Gasteiger partial charge in [-0.1, -0.05) is 277 Å². The fourth-order valence-electron chi connectivity index (χ4n) is 8.56. The van der Waals surface area contributed by atoms with Crippen molar-refractivity contribution >= 4 is 13.7 Å². The SMILES string of the molecule is CC/C=C\C/C=C\C/C=C\C/C=C\C/C=C\C/C=C\C/C=C\C/C=C\C/C=C\CCCCCCCCCCCC(=O)NC(COP(=O)([O-])OCC[N+](C)(C)C)C(O)/C=C/CCCCCCCCCCCCCCCCCC. The molecule has 0 aliphatic carbocycles. The molecule has 0 fully saturated rings. The van der Waals surface area contributed by atoms with Crippen molar-refractivity contribution in [2.24, 2.45) is 0 Å². The zero-order valence-corrected chi connectivity index (χ0v) is 51.3. The standard InChI is InChI=1S/C68H119N2O6P/c1-6-8-10-12-14-16-18-20-22-24-26-27-28-29-30-31-32-33-34-35-36-37-38-39-40-41-42-43-44-46-48-50-52-54-56-58-60-62-68(72)69-66(65-76-77(73,74)75-64-63-70(3,4)5)67(71)61-59-57-55-53-51-49-47-45-25-23-21-19-17-15-13-11-9-7-2/h8,10,14,16,20,22,26-27,29-30,32-33,35-36,38-39,41-42,59,61,66-67,71H,6-7,9,11-13,15,17-19,21,23-25,28,31,34,37,40,43-58,60,62-65H2,1-5H3,(H-,69,72,73,74)/b10-8-,16-14-,22-20-,27-26-,30-29-,33-32-,36-35-,39-38-,42-41-,61-59+. The van der Waals surface area contributed by atoms with Gasteiger partial charge in [0.15, 0.2) is 0 Å². The molecule has 0 aliphatic heterocycles. The number of allylic oxidation sites excluding steroid dienone is 19. The van der Waals surface area contributed by atoms with Crippen LogP contribution in [0, 0.1) is 0 Å². The van der Waals surface area contributed by atoms with Crippen LogP contribution in [0.15, 0.2) is 122 Å². The molecule has 0 aromatic heterocycles. The van der Waals surface area contributed by atoms with Gasteiger partial charge in [0.2, 0.25) is 5.91 Å². The molecular weight excluding hydrogens is 972 g/mol. The number of nitrogens with zero attached hydrogens (tertiary/aromatic N) is 1. The predicted molar refractivity (Wildman–Crippen MR) is 334 cm³/mol. The van der Waals surface area contributed by atoms with E-state index in [0.29, 0.717) is 17.4 Å². The lowest BCUT2D eigenvalue weighted by molar-refractivity contribution is -0.870. The fourth-order valence-corrected chi connectivity index (χ4v) is 9.28. The van der Waals surface area contributed by atoms with Crippen LogP contribution < -0.4 is 10.2 Å². The highest BCUT2D eigenvalue weighted by Crippen LogP contribution is 2.38. The van der Waals surface area contributed by atoms with E-state index in [0.717, 1.165) is 109 Å². The summed E-state index contributed by atoms with van der Waals surface area (Å²) >= 11 is 0. The maximum Gasteiger partial charge on any atom is 0.268 e. The van der Waals surface area contributed by atoms with Crippen LogP contribution in [0.5, 0.6) is 0 Å². The molecule has 1 amide bonds. The summed E-state index contributed by atoms with van der Waals surface area (Å²) in [6, 6.07) is -0.898. The molecule has 0 aromatic rings. The van der Waals surface area contributed by atoms with Gasteiger partial charge in [0.25, 0.3) is 7.82 Å². The molecule has 0 saturated heterocycles. The maximum atomic E-state index is 13.0. The molecule has 8 nitrogen and oxygen atoms in total. The topological polar surface area (TPSA) is 108 Å². The van der Waals surface area contributed by atoms with Gasteiger partial charge < -0.3 is 28.8 Å². The summed E-state index contributed by atoms with van der Waals surface area (Å²) < 4.78 is 23.4. The predicted octanol–water partition coefficient (Wildman–Crippen LogP) is 19.1. The number of hydrogen-bond acceptors (Lipinski definition) is 6. The number of carbonyl (C=O) groups is 1. The van der Waals surface area contributed by atoms with Gasteiger partial charge >= 0.3 is 0 Å². The summed E-state index contributed by atoms with van der Waals surface area (Å²) in [6.45, 7) is 4.53. The van der Waals surface area contributed by atoms with Crippen LogP contribution in [0.1, 0.15) is 251 Å². The lowest BCUT2D eigenvalue weighted by atomic mass is 10.0. The van der Waals surface area contributed by atoms with E-state index in [-0.39, 0.29) is 19.1 Å². The summed E-state index contributed by atoms with van der Waals surface area (Å²) in [6.07, 6.45) is 85.6. The van der Waals surface area contributed by atoms with Crippen LogP contribution in [-0.4, -0.2) is 68.5 Å². The van der Waals surface area contributed by atoms with Crippen LogP contribution >= 0.6 is 7.82 Å². The highest BCUT2D eigenvalue weighted by atomic mass is 31.2. The number of rotatable bonds is 56. The number of unbranched alkanes of at least 4 members (excludes halogenated alkanes) is 25. The molecule has 0 saturated carbocycles. The Morgan fingerprint density at radius 1 is 0.468 bits per heavy atom. The first-order chi connectivity index (χ1) is 37.5. The minimum absolute atomic E-state index is 0.00746. The number of aliphatic hydroxyl groups excluding tert-OH is 1. The van der Waals surface area contributed by atoms with Crippen molar-refractivity contribution in [3.05, 3.63) is 122 Å². The molecule has 0 heterocycles. The van der Waals surface area contributed by atoms with Crippen molar-refractivity contribution in [1.29, 1.82) is 0 Å². The first-order valence-corrected chi connectivity index (χ1v) is 32.9. The lowest BCUT2D eigenvalue weighted by Crippen LogP contribution is -2.45. The smallest absolute Gasteiger partial charge is 0.268 e. The Morgan fingerprint density at radius 3 is 1.16 bits per heavy atom. The molecule has 3 unspecified atom stereocenters. The molecule has 0 spiro atoms. The normalized spacial score (nSPS) is 14.6. The van der Waals surface area contributed by atoms with E-state index < -0.39 is 20.0 Å². The zero-order chi connectivity index (χ0) is 56.3. The second kappa shape index (κ2) is 57.6. The second-order valence-corrected chi connectivity index (χ2v) is 23.4. The van der Waals surface area contributed by atoms with Crippen LogP contribution in [-0.2, 0) is 18.4 Å². The van der Waals surface area contributed by atoms with Crippen molar-refractivity contribution in [2.75, 3.05) is 40.9 Å². The highest BCUT2D eigenvalue weighted by Gasteiger charge is 2.23. The number of phosphoric acid groups is 1. The van der Waals surface area contributed by atoms with Crippen molar-refractivity contribution in [1.82, 2.24) is 5.32 Å². The number of aliphatic hydroxyl groups is 1. The Balaban J connectivity index is 4.16. The summed E-state index contributed by atoms with van der Waals surface area (Å²) in [4.78, 5) is 25.5. The first kappa shape index (κ1) is 73.9. The van der Waals surface area contributed by atoms with E-state index in [1.807, 2.05) is 27.2 Å². The Kier molecular flexibility index (Phi) is 55.3. The molecular formula is C68H119N2O6P. The Labute approximate surface area is 475 Å². The van der Waals surface area contributed by atoms with E-state index in [4.69, 9.17) is 9.05 Å². The van der Waals surface area contributed by atoms with E-state index in [2.05, 4.69) is 129 Å². The third-order valence-electron chi connectivity index (χ3n) is 13.4. The molecule has 9 heteroatoms. The second-order valence-electron chi connectivity index (χ2n) is 22.0. The molecule has 2 N–H and O–H groups in total. The van der Waals surface area contributed by atoms with E-state index in [1.54, 1.807) is 6.08 Å². The van der Waals surface area contributed by atoms with E-state index in [9.17, 15) is 19.4 Å². The minimum atomic E-state index is -4.61. The van der Waals surface area contributed by atoms with Crippen LogP contribution in [0.25, 0.3) is 0 Å². The maximum absolute atomic E-state index is 13.0. The number of carbonyl (C=O) groups excluding carboxylic acids is 1. The number of phosphoric ester groups is 1. The molecule has 0 rings (SSSR count). The van der Waals surface area contributed by atoms with Gasteiger partial charge in [0.05, 0.1) is 39.9 Å². The van der Waals surface area contributed by atoms with Crippen molar-refractivity contribution in [3.63, 3.8) is 0 Å². The molecule has 3 atom stereocenters. The molecule has 442 valence electrons. The van der Waals surface area contributed by atoms with Crippen molar-refractivity contribution in [3.8, 4) is 0 Å². The molecule has 0 radical (unpaired) electrons. The van der Waals surface area contributed by atoms with E-state index >= 15 is 0 Å². The van der Waals surface area contributed by atoms with Crippen molar-refractivity contribution < 1.29 is 32.9 Å². The third kappa shape index (κ3) is 60.4. The Morgan fingerprint density at radius 2 is 0.792 bits per heavy atom. The highest BCUT2D eigenvalue weighted by molar-refractivity contribution is 7.45. The quantitative estimate of drug-likeness (QED) is 0.0272. The monoisotopic (exact) mass is 1090 g/mol. The average molecular weight is 1090 g/mol. The van der Waals surface area contributed by atoms with Gasteiger partial charge in [-0.25, -0.2) is 0 Å². The summed E-state index contributed by atoms with van der Waals surface area (Å²) in [5, 5.41) is 13.9. The molecule has 77 heavy (non-hydrogen) atoms. The number of hydrogen-bond donors (Lipinski definition) is 2. The summed E-state index contributed by atoms with van der Waals surface area (Å²) in [5.41, 5.74) is 0. The average Bonchev–Trinajstić information content (AvgIpc) is 3.39. The van der Waals surface area contributed by atoms with Gasteiger partial charge in [0, 0.05) is 6.42 Å². The van der Waals surface area contributed by atoms with Gasteiger partial charge in [-0.15, -0.1) is 0 Å². The van der Waals surface area contributed by atoms with Crippen LogP contribution in [0.4, 0.5) is 0 Å². The number of quaternary nitrogens is 1. The molecule has 0 aliphatic rings. The van der Waals surface area contributed by atoms with Gasteiger partial charge in [-0.3, -0.25) is 9.36 Å². The summed E-state index contributed by atoms with van der Waals surface area (Å²) in [7, 11) is 1.25. The fraction of sp³-hybridized carbons (Fsp3) is 0.691. The Bertz CT molecular complexity index is 1670. The molecule has 0 aromatic carbocycles. The number of nitrogens with one attached hydrogen (secondary N) is 1. The van der Waals surface area contributed by atoms with Gasteiger partial charge in [-0.05, 0) is 89.9 Å². The third-order valence-corrected chi connectivity index (χ3v) is 14.4. The van der Waals surface area contributed by atoms with E-state index in [1.165, 1.54) is 122 Å². The van der Waals surface area contributed by atoms with Crippen molar-refractivity contribution in [2.45, 2.75) is 264 Å². The largest absolute Gasteiger partial charge is 0.756 e. The summed E-state index contributed by atoms with van der Waals surface area (Å²) in [5.74, 6) is -0.207. The number of likely N-dealkylation sites (N-methyl/N-ethyl adjacent to an activating group) is 1. The Hall–Kier alpha value is -3.10. The van der Waals surface area contributed by atoms with Crippen LogP contribution in [0.2, 0.25) is 0 Å².